The van der Waals surface area contributed by atoms with Crippen molar-refractivity contribution < 1.29 is 0 Å². The van der Waals surface area contributed by atoms with Crippen molar-refractivity contribution in [3.05, 3.63) is 12.7 Å². The number of nitrogens with one attached hydrogen (secondary N) is 1. The minimum Gasteiger partial charge on any atom is -0.316 e. The largest absolute Gasteiger partial charge is 0.316 e. The van der Waals surface area contributed by atoms with Gasteiger partial charge in [0.1, 0.15) is 0 Å². The van der Waals surface area contributed by atoms with E-state index in [0.29, 0.717) is 6.04 Å². The van der Waals surface area contributed by atoms with Gasteiger partial charge in [0.2, 0.25) is 0 Å². The van der Waals surface area contributed by atoms with Gasteiger partial charge in [0.05, 0.1) is 0 Å². The molecule has 1 heterocycles. The molecular formula is C12H23NS2. The van der Waals surface area contributed by atoms with E-state index < -0.39 is 0 Å². The van der Waals surface area contributed by atoms with Gasteiger partial charge in [-0.05, 0) is 26.3 Å². The van der Waals surface area contributed by atoms with E-state index in [4.69, 9.17) is 0 Å². The zero-order valence-corrected chi connectivity index (χ0v) is 11.5. The van der Waals surface area contributed by atoms with Crippen LogP contribution in [0.5, 0.6) is 0 Å². The highest BCUT2D eigenvalue weighted by atomic mass is 32.2. The van der Waals surface area contributed by atoms with Crippen LogP contribution in [0.2, 0.25) is 0 Å². The van der Waals surface area contributed by atoms with E-state index in [2.05, 4.69) is 49.4 Å². The molecule has 0 aromatic rings. The Labute approximate surface area is 103 Å². The molecule has 0 spiro atoms. The van der Waals surface area contributed by atoms with Gasteiger partial charge in [0.15, 0.2) is 0 Å². The van der Waals surface area contributed by atoms with Crippen molar-refractivity contribution in [3.8, 4) is 0 Å². The molecular weight excluding hydrogens is 222 g/mol. The van der Waals surface area contributed by atoms with Crippen molar-refractivity contribution in [2.24, 2.45) is 0 Å². The summed E-state index contributed by atoms with van der Waals surface area (Å²) in [6, 6.07) is 0.678. The summed E-state index contributed by atoms with van der Waals surface area (Å²) in [5.41, 5.74) is 0. The third kappa shape index (κ3) is 4.41. The average Bonchev–Trinajstić information content (AvgIpc) is 2.26. The van der Waals surface area contributed by atoms with Crippen LogP contribution in [0.1, 0.15) is 26.2 Å². The molecule has 1 saturated heterocycles. The molecule has 0 aromatic heterocycles. The summed E-state index contributed by atoms with van der Waals surface area (Å²) in [4.78, 5) is 0. The van der Waals surface area contributed by atoms with E-state index in [1.165, 1.54) is 24.3 Å². The monoisotopic (exact) mass is 245 g/mol. The first-order valence-electron chi connectivity index (χ1n) is 5.81. The van der Waals surface area contributed by atoms with Crippen LogP contribution in [0.3, 0.4) is 0 Å². The van der Waals surface area contributed by atoms with E-state index in [1.807, 2.05) is 6.08 Å². The standard InChI is InChI=1S/C12H23NS2/c1-4-5-6-7-11(13-3)12-10(2)14-8-9-15-12/h4,10-13H,1,5-9H2,2-3H3. The van der Waals surface area contributed by atoms with E-state index in [0.717, 1.165) is 16.9 Å². The topological polar surface area (TPSA) is 12.0 Å². The van der Waals surface area contributed by atoms with Crippen LogP contribution in [0.15, 0.2) is 12.7 Å². The molecule has 3 atom stereocenters. The van der Waals surface area contributed by atoms with Crippen LogP contribution >= 0.6 is 23.5 Å². The first kappa shape index (κ1) is 13.5. The van der Waals surface area contributed by atoms with E-state index in [1.54, 1.807) is 0 Å². The average molecular weight is 245 g/mol. The van der Waals surface area contributed by atoms with Crippen LogP contribution < -0.4 is 5.32 Å². The summed E-state index contributed by atoms with van der Waals surface area (Å²) in [7, 11) is 2.10. The Balaban J connectivity index is 2.37. The molecule has 1 rings (SSSR count). The van der Waals surface area contributed by atoms with Gasteiger partial charge in [-0.2, -0.15) is 23.5 Å². The summed E-state index contributed by atoms with van der Waals surface area (Å²) in [5.74, 6) is 2.64. The Morgan fingerprint density at radius 2 is 2.20 bits per heavy atom. The lowest BCUT2D eigenvalue weighted by Crippen LogP contribution is -2.42. The second-order valence-electron chi connectivity index (χ2n) is 4.03. The van der Waals surface area contributed by atoms with Gasteiger partial charge in [0.25, 0.3) is 0 Å². The van der Waals surface area contributed by atoms with Gasteiger partial charge in [-0.3, -0.25) is 0 Å². The van der Waals surface area contributed by atoms with Gasteiger partial charge >= 0.3 is 0 Å². The molecule has 3 heteroatoms. The molecule has 1 aliphatic rings. The molecule has 1 N–H and O–H groups in total. The highest BCUT2D eigenvalue weighted by Crippen LogP contribution is 2.34. The maximum atomic E-state index is 3.78. The van der Waals surface area contributed by atoms with Crippen molar-refractivity contribution in [2.75, 3.05) is 18.6 Å². The predicted molar refractivity (Wildman–Crippen MR) is 75.1 cm³/mol. The second kappa shape index (κ2) is 7.64. The quantitative estimate of drug-likeness (QED) is 0.570. The van der Waals surface area contributed by atoms with Crippen molar-refractivity contribution in [2.45, 2.75) is 42.7 Å². The lowest BCUT2D eigenvalue weighted by Gasteiger charge is -2.34. The summed E-state index contributed by atoms with van der Waals surface area (Å²) in [6.07, 6.45) is 5.73. The maximum absolute atomic E-state index is 3.78. The Hall–Kier alpha value is 0.400. The molecule has 1 nitrogen and oxygen atoms in total. The molecule has 0 amide bonds. The zero-order valence-electron chi connectivity index (χ0n) is 9.87. The minimum atomic E-state index is 0.678. The first-order valence-corrected chi connectivity index (χ1v) is 7.90. The molecule has 1 aliphatic heterocycles. The van der Waals surface area contributed by atoms with Gasteiger partial charge in [-0.15, -0.1) is 6.58 Å². The zero-order chi connectivity index (χ0) is 11.1. The molecule has 0 radical (unpaired) electrons. The molecule has 1 fully saturated rings. The summed E-state index contributed by atoms with van der Waals surface area (Å²) < 4.78 is 0. The minimum absolute atomic E-state index is 0.678. The molecule has 0 bridgehead atoms. The number of unbranched alkanes of at least 4 members (excludes halogenated alkanes) is 1. The van der Waals surface area contributed by atoms with Gasteiger partial charge in [-0.25, -0.2) is 0 Å². The van der Waals surface area contributed by atoms with Crippen molar-refractivity contribution in [1.82, 2.24) is 5.32 Å². The SMILES string of the molecule is C=CCCCC(NC)C1SCCSC1C. The van der Waals surface area contributed by atoms with Gasteiger partial charge in [0, 0.05) is 28.0 Å². The highest BCUT2D eigenvalue weighted by molar-refractivity contribution is 8.07. The van der Waals surface area contributed by atoms with E-state index in [9.17, 15) is 0 Å². The molecule has 3 unspecified atom stereocenters. The van der Waals surface area contributed by atoms with Crippen LogP contribution in [0.25, 0.3) is 0 Å². The maximum Gasteiger partial charge on any atom is 0.0317 e. The van der Waals surface area contributed by atoms with Crippen LogP contribution in [0.4, 0.5) is 0 Å². The highest BCUT2D eigenvalue weighted by Gasteiger charge is 2.28. The fourth-order valence-corrected chi connectivity index (χ4v) is 5.09. The fraction of sp³-hybridized carbons (Fsp3) is 0.833. The normalized spacial score (nSPS) is 28.7. The Kier molecular flexibility index (Phi) is 6.86. The van der Waals surface area contributed by atoms with E-state index >= 15 is 0 Å². The third-order valence-electron chi connectivity index (χ3n) is 2.93. The number of thioether (sulfide) groups is 2. The lowest BCUT2D eigenvalue weighted by molar-refractivity contribution is 0.486. The summed E-state index contributed by atoms with van der Waals surface area (Å²) in [6.45, 7) is 6.16. The van der Waals surface area contributed by atoms with Crippen LogP contribution in [-0.4, -0.2) is 35.1 Å². The first-order chi connectivity index (χ1) is 7.29. The Bertz CT molecular complexity index is 184. The van der Waals surface area contributed by atoms with Crippen molar-refractivity contribution in [1.29, 1.82) is 0 Å². The summed E-state index contributed by atoms with van der Waals surface area (Å²) in [5, 5.41) is 5.08. The van der Waals surface area contributed by atoms with Crippen LogP contribution in [-0.2, 0) is 0 Å². The molecule has 88 valence electrons. The van der Waals surface area contributed by atoms with Gasteiger partial charge in [-0.1, -0.05) is 13.0 Å². The molecule has 15 heavy (non-hydrogen) atoms. The lowest BCUT2D eigenvalue weighted by atomic mass is 10.0. The molecule has 0 aliphatic carbocycles. The number of hydrogen-bond donors (Lipinski definition) is 1. The number of rotatable bonds is 6. The molecule has 0 aromatic carbocycles. The number of allylic oxidation sites excluding steroid dienone is 1. The predicted octanol–water partition coefficient (Wildman–Crippen LogP) is 3.17. The fourth-order valence-electron chi connectivity index (χ4n) is 2.05. The van der Waals surface area contributed by atoms with Crippen molar-refractivity contribution >= 4 is 23.5 Å². The third-order valence-corrected chi connectivity index (χ3v) is 6.18. The van der Waals surface area contributed by atoms with Gasteiger partial charge < -0.3 is 5.32 Å². The van der Waals surface area contributed by atoms with E-state index in [-0.39, 0.29) is 0 Å². The smallest absolute Gasteiger partial charge is 0.0317 e. The Morgan fingerprint density at radius 1 is 1.47 bits per heavy atom. The number of hydrogen-bond acceptors (Lipinski definition) is 3. The van der Waals surface area contributed by atoms with Crippen molar-refractivity contribution in [3.63, 3.8) is 0 Å². The van der Waals surface area contributed by atoms with Crippen LogP contribution in [0, 0.1) is 0 Å². The molecule has 0 saturated carbocycles. The Morgan fingerprint density at radius 3 is 2.80 bits per heavy atom. The second-order valence-corrected chi connectivity index (χ2v) is 6.80. The summed E-state index contributed by atoms with van der Waals surface area (Å²) >= 11 is 4.28.